The van der Waals surface area contributed by atoms with Gasteiger partial charge in [-0.15, -0.1) is 5.41 Å². The van der Waals surface area contributed by atoms with Crippen LogP contribution in [0.15, 0.2) is 54.6 Å². The zero-order chi connectivity index (χ0) is 37.3. The van der Waals surface area contributed by atoms with Crippen LogP contribution in [-0.2, 0) is 34.1 Å². The molecule has 1 unspecified atom stereocenters. The Morgan fingerprint density at radius 1 is 0.857 bits per heavy atom. The van der Waals surface area contributed by atoms with Gasteiger partial charge in [-0.3, -0.25) is 0 Å². The molecule has 3 aromatic rings. The summed E-state index contributed by atoms with van der Waals surface area (Å²) in [6.45, 7) is 37.0. The molecular formula is C43H61N2O3Ru. The van der Waals surface area contributed by atoms with Crippen LogP contribution in [0.25, 0.3) is 0 Å². The fourth-order valence-electron chi connectivity index (χ4n) is 6.74. The molecule has 1 heterocycles. The second kappa shape index (κ2) is 15.2. The van der Waals surface area contributed by atoms with E-state index in [1.165, 1.54) is 45.6 Å². The Morgan fingerprint density at radius 2 is 1.37 bits per heavy atom. The van der Waals surface area contributed by atoms with E-state index in [2.05, 4.69) is 156 Å². The molecule has 1 atom stereocenters. The van der Waals surface area contributed by atoms with Crippen LogP contribution >= 0.6 is 0 Å². The Labute approximate surface area is 307 Å². The van der Waals surface area contributed by atoms with Crippen LogP contribution in [0.2, 0.25) is 0 Å². The number of rotatable bonds is 8. The van der Waals surface area contributed by atoms with Crippen molar-refractivity contribution in [1.29, 1.82) is 0 Å². The number of anilines is 1. The van der Waals surface area contributed by atoms with Gasteiger partial charge in [0.25, 0.3) is 0 Å². The van der Waals surface area contributed by atoms with Gasteiger partial charge in [-0.25, -0.2) is 6.54 Å². The van der Waals surface area contributed by atoms with E-state index in [0.29, 0.717) is 23.1 Å². The molecule has 0 spiro atoms. The zero-order valence-corrected chi connectivity index (χ0v) is 34.5. The largest absolute Gasteiger partial charge is 0.517 e. The minimum atomic E-state index is -0.418. The van der Waals surface area contributed by atoms with Gasteiger partial charge >= 0.3 is 97.4 Å². The molecule has 0 saturated carbocycles. The summed E-state index contributed by atoms with van der Waals surface area (Å²) in [5.41, 5.74) is 9.71. The molecule has 6 heteroatoms. The summed E-state index contributed by atoms with van der Waals surface area (Å²) in [7, 11) is 0. The number of nitro benzene ring substituents is 1. The summed E-state index contributed by atoms with van der Waals surface area (Å²) in [6.07, 6.45) is 1.15. The van der Waals surface area contributed by atoms with Crippen molar-refractivity contribution in [2.24, 2.45) is 0 Å². The van der Waals surface area contributed by atoms with Gasteiger partial charge < -0.3 is 4.90 Å². The molecule has 0 aromatic heterocycles. The Bertz CT molecular complexity index is 1580. The third-order valence-electron chi connectivity index (χ3n) is 9.45. The van der Waals surface area contributed by atoms with E-state index in [0.717, 1.165) is 6.42 Å². The second-order valence-corrected chi connectivity index (χ2v) is 18.0. The van der Waals surface area contributed by atoms with Crippen LogP contribution in [0.4, 0.5) is 11.4 Å². The molecule has 49 heavy (non-hydrogen) atoms. The van der Waals surface area contributed by atoms with E-state index in [-0.39, 0.29) is 33.6 Å². The number of nitro groups is 1. The number of nitrogens with zero attached hydrogens (tertiary/aromatic N) is 2. The normalized spacial score (nSPS) is 17.7. The summed E-state index contributed by atoms with van der Waals surface area (Å²) in [5.74, 6) is 1.64. The Morgan fingerprint density at radius 3 is 1.78 bits per heavy atom. The predicted molar refractivity (Wildman–Crippen MR) is 205 cm³/mol. The summed E-state index contributed by atoms with van der Waals surface area (Å²) >= 11 is 2.32. The van der Waals surface area contributed by atoms with Crippen LogP contribution in [-0.4, -0.2) is 21.2 Å². The molecule has 0 N–H and O–H groups in total. The summed E-state index contributed by atoms with van der Waals surface area (Å²) in [4.78, 5) is 12.8. The van der Waals surface area contributed by atoms with Gasteiger partial charge in [-0.1, -0.05) is 118 Å². The molecule has 1 aliphatic rings. The number of non-ortho nitro benzene ring substituents is 1. The smallest absolute Gasteiger partial charge is 0.0145 e. The molecule has 1 fully saturated rings. The van der Waals surface area contributed by atoms with E-state index in [1.54, 1.807) is 10.7 Å². The van der Waals surface area contributed by atoms with E-state index in [1.807, 2.05) is 13.8 Å². The SMILES string of the molecule is CC(C)Oc1ccc([N+](=O)[O-])cc1[CH]=[Ru+].CC(C)c1cccc(C(C)C)c1N1[CH-]C(C)(c2cc(C(C)(C)C)cc(C(C)(C)C)c2)CC1(C)C. The van der Waals surface area contributed by atoms with Gasteiger partial charge in [0.15, 0.2) is 0 Å². The van der Waals surface area contributed by atoms with Crippen molar-refractivity contribution in [3.05, 3.63) is 105 Å². The second-order valence-electron chi connectivity index (χ2n) is 17.5. The van der Waals surface area contributed by atoms with Gasteiger partial charge in [0.1, 0.15) is 0 Å². The molecule has 0 radical (unpaired) electrons. The molecule has 5 nitrogen and oxygen atoms in total. The monoisotopic (exact) mass is 755 g/mol. The van der Waals surface area contributed by atoms with Crippen molar-refractivity contribution in [1.82, 2.24) is 0 Å². The number of hydrogen-bond donors (Lipinski definition) is 0. The fraction of sp³-hybridized carbons (Fsp3) is 0.535. The summed E-state index contributed by atoms with van der Waals surface area (Å²) in [6, 6.07) is 18.9. The molecule has 269 valence electrons. The first-order valence-corrected chi connectivity index (χ1v) is 18.7. The Balaban J connectivity index is 0.000000362. The maximum absolute atomic E-state index is 10.5. The minimum absolute atomic E-state index is 0.0247. The predicted octanol–water partition coefficient (Wildman–Crippen LogP) is 11.7. The van der Waals surface area contributed by atoms with Crippen LogP contribution in [0.3, 0.4) is 0 Å². The Kier molecular flexibility index (Phi) is 12.6. The maximum atomic E-state index is 10.5. The van der Waals surface area contributed by atoms with Gasteiger partial charge in [-0.05, 0) is 65.2 Å². The molecule has 3 aromatic carbocycles. The first-order valence-electron chi connectivity index (χ1n) is 17.7. The first-order chi connectivity index (χ1) is 22.4. The number of para-hydroxylation sites is 1. The van der Waals surface area contributed by atoms with E-state index < -0.39 is 4.92 Å². The van der Waals surface area contributed by atoms with Gasteiger partial charge in [0.2, 0.25) is 0 Å². The van der Waals surface area contributed by atoms with Crippen molar-refractivity contribution in [3.8, 4) is 5.75 Å². The van der Waals surface area contributed by atoms with Crippen LogP contribution < -0.4 is 9.64 Å². The maximum Gasteiger partial charge on any atom is 0.0145 e. The minimum Gasteiger partial charge on any atom is -0.517 e. The van der Waals surface area contributed by atoms with Crippen LogP contribution in [0.1, 0.15) is 155 Å². The topological polar surface area (TPSA) is 55.6 Å². The quantitative estimate of drug-likeness (QED) is 0.0994. The van der Waals surface area contributed by atoms with Crippen LogP contribution in [0.5, 0.6) is 5.75 Å². The van der Waals surface area contributed by atoms with Gasteiger partial charge in [0.05, 0.1) is 0 Å². The molecular weight excluding hydrogens is 694 g/mol. The molecule has 1 aliphatic heterocycles. The van der Waals surface area contributed by atoms with E-state index >= 15 is 0 Å². The molecule has 0 amide bonds. The number of hydrogen-bond acceptors (Lipinski definition) is 4. The van der Waals surface area contributed by atoms with Crippen molar-refractivity contribution < 1.29 is 27.5 Å². The van der Waals surface area contributed by atoms with E-state index in [4.69, 9.17) is 4.74 Å². The third-order valence-corrected chi connectivity index (χ3v) is 9.99. The summed E-state index contributed by atoms with van der Waals surface area (Å²) in [5, 5.41) is 10.5. The number of ether oxygens (including phenoxy) is 1. The molecule has 0 aliphatic carbocycles. The van der Waals surface area contributed by atoms with Crippen LogP contribution in [0, 0.1) is 16.7 Å². The van der Waals surface area contributed by atoms with Gasteiger partial charge in [0, 0.05) is 11.2 Å². The summed E-state index contributed by atoms with van der Waals surface area (Å²) < 4.78 is 7.23. The average Bonchev–Trinajstić information content (AvgIpc) is 3.24. The molecule has 4 rings (SSSR count). The zero-order valence-electron chi connectivity index (χ0n) is 32.8. The molecule has 1 saturated heterocycles. The van der Waals surface area contributed by atoms with E-state index in [9.17, 15) is 10.1 Å². The van der Waals surface area contributed by atoms with Crippen molar-refractivity contribution in [2.75, 3.05) is 4.90 Å². The number of benzene rings is 3. The van der Waals surface area contributed by atoms with Crippen molar-refractivity contribution in [3.63, 3.8) is 0 Å². The Hall–Kier alpha value is -2.85. The standard InChI is InChI=1S/C33H50N.C10H11NO3.Ru/c1-22(2)27-15-14-16-28(23(3)4)29(27)34-21-33(13,20-32(34,11)12)26-18-24(30(5,6)7)17-25(19-26)31(8,9)10;1-7(2)14-10-5-4-9(11(12)13)6-8(10)3;/h14-19,21-23H,20H2,1-13H3;3-7H,1-2H3;/q-1;;+1. The fourth-order valence-corrected chi connectivity index (χ4v) is 7.13. The van der Waals surface area contributed by atoms with Crippen molar-refractivity contribution >= 4 is 16.0 Å². The first kappa shape index (κ1) is 40.6. The van der Waals surface area contributed by atoms with Crippen molar-refractivity contribution in [2.45, 2.75) is 150 Å². The third kappa shape index (κ3) is 9.69. The molecule has 0 bridgehead atoms. The average molecular weight is 755 g/mol. The van der Waals surface area contributed by atoms with Gasteiger partial charge in [-0.2, -0.15) is 0 Å².